The normalized spacial score (nSPS) is 10.5. The van der Waals surface area contributed by atoms with E-state index in [2.05, 4.69) is 5.10 Å². The summed E-state index contributed by atoms with van der Waals surface area (Å²) in [4.78, 5) is 13.2. The average molecular weight is 374 g/mol. The van der Waals surface area contributed by atoms with Gasteiger partial charge in [0, 0.05) is 26.4 Å². The van der Waals surface area contributed by atoms with Gasteiger partial charge < -0.3 is 10.6 Å². The van der Waals surface area contributed by atoms with Gasteiger partial charge in [-0.2, -0.15) is 5.10 Å². The molecule has 1 amide bonds. The lowest BCUT2D eigenvalue weighted by Gasteiger charge is -2.08. The molecule has 0 unspecified atom stereocenters. The van der Waals surface area contributed by atoms with Crippen LogP contribution in [-0.4, -0.2) is 34.7 Å². The van der Waals surface area contributed by atoms with Gasteiger partial charge in [-0.1, -0.05) is 0 Å². The molecule has 19 heavy (non-hydrogen) atoms. The summed E-state index contributed by atoms with van der Waals surface area (Å²) in [6, 6.07) is 4.39. The van der Waals surface area contributed by atoms with Crippen LogP contribution < -0.4 is 5.73 Å². The minimum absolute atomic E-state index is 0.219. The number of hydrogen-bond acceptors (Lipinski definition) is 3. The Hall–Kier alpha value is -1.64. The number of hydrogen-bond donors (Lipinski definition) is 1. The Bertz CT molecular complexity index is 639. The number of benzene rings is 1. The molecular weight excluding hydrogens is 362 g/mol. The van der Waals surface area contributed by atoms with Gasteiger partial charge in [0.05, 0.1) is 14.9 Å². The maximum Gasteiger partial charge on any atom is 0.273 e. The van der Waals surface area contributed by atoms with Crippen molar-refractivity contribution in [3.8, 4) is 5.69 Å². The first kappa shape index (κ1) is 13.8. The second kappa shape index (κ2) is 5.16. The first-order valence-electron chi connectivity index (χ1n) is 5.42. The Morgan fingerprint density at radius 2 is 2.16 bits per heavy atom. The van der Waals surface area contributed by atoms with Gasteiger partial charge in [0.15, 0.2) is 5.69 Å². The second-order valence-corrected chi connectivity index (χ2v) is 5.33. The minimum atomic E-state index is -0.374. The molecule has 1 aromatic heterocycles. The zero-order valence-electron chi connectivity index (χ0n) is 10.4. The number of nitrogens with zero attached hydrogens (tertiary/aromatic N) is 3. The van der Waals surface area contributed by atoms with Crippen LogP contribution >= 0.6 is 22.6 Å². The average Bonchev–Trinajstić information content (AvgIpc) is 2.81. The number of carbonyl (C=O) groups excluding carboxylic acids is 1. The van der Waals surface area contributed by atoms with Crippen molar-refractivity contribution in [1.82, 2.24) is 14.7 Å². The Kier molecular flexibility index (Phi) is 3.74. The third-order valence-electron chi connectivity index (χ3n) is 2.53. The Morgan fingerprint density at radius 1 is 1.47 bits per heavy atom. The van der Waals surface area contributed by atoms with E-state index in [1.807, 2.05) is 22.6 Å². The van der Waals surface area contributed by atoms with Crippen molar-refractivity contribution < 1.29 is 9.18 Å². The van der Waals surface area contributed by atoms with Crippen LogP contribution in [0.25, 0.3) is 5.69 Å². The van der Waals surface area contributed by atoms with Crippen LogP contribution in [0.2, 0.25) is 0 Å². The van der Waals surface area contributed by atoms with Crippen molar-refractivity contribution in [2.75, 3.05) is 19.8 Å². The first-order valence-corrected chi connectivity index (χ1v) is 6.50. The fourth-order valence-electron chi connectivity index (χ4n) is 1.55. The van der Waals surface area contributed by atoms with Crippen molar-refractivity contribution in [1.29, 1.82) is 0 Å². The lowest BCUT2D eigenvalue weighted by molar-refractivity contribution is 0.0821. The quantitative estimate of drug-likeness (QED) is 0.645. The topological polar surface area (TPSA) is 64.2 Å². The number of anilines is 1. The van der Waals surface area contributed by atoms with Gasteiger partial charge >= 0.3 is 0 Å². The van der Waals surface area contributed by atoms with Crippen LogP contribution in [0.5, 0.6) is 0 Å². The number of amides is 1. The Labute approximate surface area is 123 Å². The van der Waals surface area contributed by atoms with E-state index in [-0.39, 0.29) is 17.4 Å². The molecule has 0 spiro atoms. The van der Waals surface area contributed by atoms with Gasteiger partial charge in [0.25, 0.3) is 5.91 Å². The molecule has 0 radical (unpaired) electrons. The van der Waals surface area contributed by atoms with E-state index < -0.39 is 0 Å². The van der Waals surface area contributed by atoms with Crippen molar-refractivity contribution in [3.63, 3.8) is 0 Å². The monoisotopic (exact) mass is 374 g/mol. The summed E-state index contributed by atoms with van der Waals surface area (Å²) in [7, 11) is 3.28. The van der Waals surface area contributed by atoms with E-state index in [1.54, 1.807) is 26.4 Å². The molecule has 1 aromatic carbocycles. The number of aromatic nitrogens is 2. The van der Waals surface area contributed by atoms with Gasteiger partial charge in [0.1, 0.15) is 5.82 Å². The highest BCUT2D eigenvalue weighted by atomic mass is 127. The summed E-state index contributed by atoms with van der Waals surface area (Å²) < 4.78 is 15.4. The second-order valence-electron chi connectivity index (χ2n) is 4.17. The van der Waals surface area contributed by atoms with Crippen molar-refractivity contribution in [2.45, 2.75) is 0 Å². The number of nitrogen functional groups attached to an aromatic ring is 1. The van der Waals surface area contributed by atoms with Crippen molar-refractivity contribution in [2.24, 2.45) is 0 Å². The predicted molar refractivity (Wildman–Crippen MR) is 78.7 cm³/mol. The SMILES string of the molecule is CN(C)C(=O)c1ccn(-c2cc(F)c(I)cc2N)n1. The fraction of sp³-hybridized carbons (Fsp3) is 0.167. The van der Waals surface area contributed by atoms with Gasteiger partial charge in [-0.3, -0.25) is 4.79 Å². The molecular formula is C12H12FIN4O. The van der Waals surface area contributed by atoms with Crippen LogP contribution in [-0.2, 0) is 0 Å². The molecule has 0 saturated heterocycles. The molecule has 0 bridgehead atoms. The molecule has 0 atom stereocenters. The molecule has 7 heteroatoms. The molecule has 2 N–H and O–H groups in total. The maximum atomic E-state index is 13.6. The molecule has 2 aromatic rings. The standard InChI is InChI=1S/C12H12FIN4O/c1-17(2)12(19)10-3-4-18(16-10)11-5-7(13)8(14)6-9(11)15/h3-6H,15H2,1-2H3. The summed E-state index contributed by atoms with van der Waals surface area (Å²) in [6.45, 7) is 0. The molecule has 100 valence electrons. The highest BCUT2D eigenvalue weighted by Crippen LogP contribution is 2.22. The minimum Gasteiger partial charge on any atom is -0.397 e. The van der Waals surface area contributed by atoms with Gasteiger partial charge in [-0.25, -0.2) is 9.07 Å². The fourth-order valence-corrected chi connectivity index (χ4v) is 2.04. The molecule has 0 saturated carbocycles. The molecule has 1 heterocycles. The van der Waals surface area contributed by atoms with Crippen LogP contribution in [0.15, 0.2) is 24.4 Å². The predicted octanol–water partition coefficient (Wildman–Crippen LogP) is 1.90. The summed E-state index contributed by atoms with van der Waals surface area (Å²) >= 11 is 1.87. The Balaban J connectivity index is 2.44. The van der Waals surface area contributed by atoms with Crippen LogP contribution in [0, 0.1) is 9.39 Å². The van der Waals surface area contributed by atoms with Gasteiger partial charge in [-0.15, -0.1) is 0 Å². The molecule has 0 fully saturated rings. The van der Waals surface area contributed by atoms with Crippen LogP contribution in [0.3, 0.4) is 0 Å². The van der Waals surface area contributed by atoms with Crippen molar-refractivity contribution in [3.05, 3.63) is 39.5 Å². The van der Waals surface area contributed by atoms with Crippen LogP contribution in [0.4, 0.5) is 10.1 Å². The van der Waals surface area contributed by atoms with E-state index in [0.717, 1.165) is 0 Å². The largest absolute Gasteiger partial charge is 0.397 e. The highest BCUT2D eigenvalue weighted by Gasteiger charge is 2.14. The van der Waals surface area contributed by atoms with E-state index in [4.69, 9.17) is 5.73 Å². The summed E-state index contributed by atoms with van der Waals surface area (Å²) in [5.74, 6) is -0.593. The summed E-state index contributed by atoms with van der Waals surface area (Å²) in [6.07, 6.45) is 1.58. The number of halogens is 2. The number of nitrogens with two attached hydrogens (primary N) is 1. The third-order valence-corrected chi connectivity index (χ3v) is 3.36. The third kappa shape index (κ3) is 2.70. The summed E-state index contributed by atoms with van der Waals surface area (Å²) in [5.41, 5.74) is 6.93. The van der Waals surface area contributed by atoms with Crippen LogP contribution in [0.1, 0.15) is 10.5 Å². The molecule has 0 aliphatic rings. The van der Waals surface area contributed by atoms with E-state index in [1.165, 1.54) is 21.7 Å². The molecule has 0 aliphatic heterocycles. The van der Waals surface area contributed by atoms with E-state index in [0.29, 0.717) is 14.9 Å². The molecule has 2 rings (SSSR count). The van der Waals surface area contributed by atoms with E-state index >= 15 is 0 Å². The maximum absolute atomic E-state index is 13.6. The zero-order valence-corrected chi connectivity index (χ0v) is 12.6. The Morgan fingerprint density at radius 3 is 2.79 bits per heavy atom. The van der Waals surface area contributed by atoms with E-state index in [9.17, 15) is 9.18 Å². The number of rotatable bonds is 2. The lowest BCUT2D eigenvalue weighted by atomic mass is 10.2. The smallest absolute Gasteiger partial charge is 0.273 e. The van der Waals surface area contributed by atoms with Gasteiger partial charge in [0.2, 0.25) is 0 Å². The summed E-state index contributed by atoms with van der Waals surface area (Å²) in [5, 5.41) is 4.11. The van der Waals surface area contributed by atoms with Gasteiger partial charge in [-0.05, 0) is 34.7 Å². The highest BCUT2D eigenvalue weighted by molar-refractivity contribution is 14.1. The zero-order chi connectivity index (χ0) is 14.2. The molecule has 0 aliphatic carbocycles. The number of carbonyl (C=O) groups is 1. The first-order chi connectivity index (χ1) is 8.90. The lowest BCUT2D eigenvalue weighted by Crippen LogP contribution is -2.22. The van der Waals surface area contributed by atoms with Crippen molar-refractivity contribution >= 4 is 34.2 Å². The molecule has 5 nitrogen and oxygen atoms in total.